The van der Waals surface area contributed by atoms with E-state index in [4.69, 9.17) is 16.9 Å². The molecular formula is C11H10ClN3. The van der Waals surface area contributed by atoms with Crippen molar-refractivity contribution in [1.29, 1.82) is 5.26 Å². The van der Waals surface area contributed by atoms with Gasteiger partial charge in [-0.3, -0.25) is 0 Å². The molecule has 0 N–H and O–H groups in total. The molecule has 0 bridgehead atoms. The SMILES string of the molecule is CN1C(C#N)=NC(Cl)C1c1ccccc1. The van der Waals surface area contributed by atoms with Crippen LogP contribution in [0.25, 0.3) is 0 Å². The van der Waals surface area contributed by atoms with Crippen LogP contribution < -0.4 is 0 Å². The van der Waals surface area contributed by atoms with Crippen LogP contribution >= 0.6 is 11.6 Å². The summed E-state index contributed by atoms with van der Waals surface area (Å²) in [5.74, 6) is 0.392. The fraction of sp³-hybridized carbons (Fsp3) is 0.273. The fourth-order valence-electron chi connectivity index (χ4n) is 1.74. The third kappa shape index (κ3) is 1.69. The number of aliphatic imine (C=N–C) groups is 1. The molecule has 76 valence electrons. The normalized spacial score (nSPS) is 24.9. The summed E-state index contributed by atoms with van der Waals surface area (Å²) in [6.07, 6.45) is 0. The Morgan fingerprint density at radius 2 is 2.07 bits per heavy atom. The van der Waals surface area contributed by atoms with Gasteiger partial charge in [-0.1, -0.05) is 41.9 Å². The van der Waals surface area contributed by atoms with Gasteiger partial charge in [0.25, 0.3) is 0 Å². The summed E-state index contributed by atoms with van der Waals surface area (Å²) in [4.78, 5) is 5.91. The van der Waals surface area contributed by atoms with Crippen LogP contribution in [0.3, 0.4) is 0 Å². The molecule has 0 fully saturated rings. The van der Waals surface area contributed by atoms with Crippen molar-refractivity contribution in [1.82, 2.24) is 4.90 Å². The summed E-state index contributed by atoms with van der Waals surface area (Å²) in [7, 11) is 1.84. The van der Waals surface area contributed by atoms with E-state index in [-0.39, 0.29) is 11.5 Å². The van der Waals surface area contributed by atoms with Crippen LogP contribution in [0, 0.1) is 11.3 Å². The molecule has 0 aromatic heterocycles. The Kier molecular flexibility index (Phi) is 2.61. The number of amidine groups is 1. The molecule has 1 aliphatic rings. The van der Waals surface area contributed by atoms with Gasteiger partial charge in [0, 0.05) is 7.05 Å². The van der Waals surface area contributed by atoms with Crippen LogP contribution in [-0.2, 0) is 0 Å². The number of halogens is 1. The van der Waals surface area contributed by atoms with Crippen molar-refractivity contribution in [2.75, 3.05) is 7.05 Å². The van der Waals surface area contributed by atoms with E-state index >= 15 is 0 Å². The summed E-state index contributed by atoms with van der Waals surface area (Å²) in [5, 5.41) is 8.84. The van der Waals surface area contributed by atoms with Gasteiger partial charge < -0.3 is 4.90 Å². The first-order chi connectivity index (χ1) is 7.24. The van der Waals surface area contributed by atoms with Gasteiger partial charge in [0.05, 0.1) is 6.04 Å². The van der Waals surface area contributed by atoms with Crippen LogP contribution in [0.2, 0.25) is 0 Å². The van der Waals surface area contributed by atoms with Gasteiger partial charge in [0.2, 0.25) is 5.84 Å². The third-order valence-electron chi connectivity index (χ3n) is 2.50. The largest absolute Gasteiger partial charge is 0.341 e. The van der Waals surface area contributed by atoms with Gasteiger partial charge in [0.15, 0.2) is 5.50 Å². The Balaban J connectivity index is 2.32. The van der Waals surface area contributed by atoms with E-state index in [2.05, 4.69) is 4.99 Å². The molecule has 4 heteroatoms. The second-order valence-corrected chi connectivity index (χ2v) is 3.85. The van der Waals surface area contributed by atoms with Gasteiger partial charge in [-0.15, -0.1) is 0 Å². The molecule has 15 heavy (non-hydrogen) atoms. The highest BCUT2D eigenvalue weighted by Gasteiger charge is 2.33. The molecular weight excluding hydrogens is 210 g/mol. The van der Waals surface area contributed by atoms with Crippen molar-refractivity contribution in [3.8, 4) is 6.07 Å². The van der Waals surface area contributed by atoms with E-state index in [1.807, 2.05) is 48.3 Å². The highest BCUT2D eigenvalue weighted by molar-refractivity contribution is 6.23. The van der Waals surface area contributed by atoms with Crippen LogP contribution in [-0.4, -0.2) is 23.3 Å². The summed E-state index contributed by atoms with van der Waals surface area (Å²) >= 11 is 6.10. The Bertz CT molecular complexity index is 421. The number of nitrogens with zero attached hydrogens (tertiary/aromatic N) is 3. The maximum atomic E-state index is 8.84. The number of alkyl halides is 1. The average Bonchev–Trinajstić information content (AvgIpc) is 2.55. The Morgan fingerprint density at radius 3 is 2.60 bits per heavy atom. The van der Waals surface area contributed by atoms with Crippen LogP contribution in [0.1, 0.15) is 11.6 Å². The Labute approximate surface area is 93.6 Å². The van der Waals surface area contributed by atoms with E-state index in [9.17, 15) is 0 Å². The molecule has 1 aliphatic heterocycles. The molecule has 1 aromatic carbocycles. The lowest BCUT2D eigenvalue weighted by molar-refractivity contribution is 0.403. The number of rotatable bonds is 1. The average molecular weight is 220 g/mol. The van der Waals surface area contributed by atoms with Crippen LogP contribution in [0.5, 0.6) is 0 Å². The second-order valence-electron chi connectivity index (χ2n) is 3.40. The molecule has 0 amide bonds. The summed E-state index contributed by atoms with van der Waals surface area (Å²) in [6.45, 7) is 0. The fourth-order valence-corrected chi connectivity index (χ4v) is 2.14. The van der Waals surface area contributed by atoms with Gasteiger partial charge in [-0.25, -0.2) is 4.99 Å². The molecule has 2 rings (SSSR count). The summed E-state index contributed by atoms with van der Waals surface area (Å²) in [6, 6.07) is 11.8. The first-order valence-electron chi connectivity index (χ1n) is 4.64. The zero-order valence-corrected chi connectivity index (χ0v) is 9.02. The third-order valence-corrected chi connectivity index (χ3v) is 2.83. The first kappa shape index (κ1) is 10.0. The smallest absolute Gasteiger partial charge is 0.205 e. The number of benzene rings is 1. The molecule has 1 aromatic rings. The molecule has 0 saturated heterocycles. The first-order valence-corrected chi connectivity index (χ1v) is 5.07. The number of hydrogen-bond donors (Lipinski definition) is 0. The minimum Gasteiger partial charge on any atom is -0.341 e. The molecule has 1 heterocycles. The number of hydrogen-bond acceptors (Lipinski definition) is 3. The zero-order chi connectivity index (χ0) is 10.8. The minimum atomic E-state index is -0.382. The van der Waals surface area contributed by atoms with Gasteiger partial charge >= 0.3 is 0 Å². The van der Waals surface area contributed by atoms with Crippen LogP contribution in [0.15, 0.2) is 35.3 Å². The van der Waals surface area contributed by atoms with Crippen molar-refractivity contribution in [3.63, 3.8) is 0 Å². The molecule has 2 unspecified atom stereocenters. The van der Waals surface area contributed by atoms with E-state index in [1.165, 1.54) is 0 Å². The molecule has 0 saturated carbocycles. The zero-order valence-electron chi connectivity index (χ0n) is 8.26. The van der Waals surface area contributed by atoms with E-state index < -0.39 is 0 Å². The maximum Gasteiger partial charge on any atom is 0.205 e. The molecule has 0 aliphatic carbocycles. The van der Waals surface area contributed by atoms with Crippen molar-refractivity contribution >= 4 is 17.4 Å². The topological polar surface area (TPSA) is 39.4 Å². The lowest BCUT2D eigenvalue weighted by atomic mass is 10.1. The molecule has 0 spiro atoms. The highest BCUT2D eigenvalue weighted by Crippen LogP contribution is 2.32. The molecule has 0 radical (unpaired) electrons. The predicted octanol–water partition coefficient (Wildman–Crippen LogP) is 2.16. The van der Waals surface area contributed by atoms with Gasteiger partial charge in [-0.2, -0.15) is 5.26 Å². The monoisotopic (exact) mass is 219 g/mol. The molecule has 3 nitrogen and oxygen atoms in total. The summed E-state index contributed by atoms with van der Waals surface area (Å²) in [5.41, 5.74) is 0.695. The van der Waals surface area contributed by atoms with Crippen molar-refractivity contribution in [3.05, 3.63) is 35.9 Å². The van der Waals surface area contributed by atoms with Gasteiger partial charge in [0.1, 0.15) is 6.07 Å². The van der Waals surface area contributed by atoms with E-state index in [1.54, 1.807) is 0 Å². The lowest BCUT2D eigenvalue weighted by Gasteiger charge is -2.22. The van der Waals surface area contributed by atoms with Crippen LogP contribution in [0.4, 0.5) is 0 Å². The minimum absolute atomic E-state index is 0.0393. The van der Waals surface area contributed by atoms with Crippen molar-refractivity contribution in [2.24, 2.45) is 4.99 Å². The highest BCUT2D eigenvalue weighted by atomic mass is 35.5. The van der Waals surface area contributed by atoms with E-state index in [0.29, 0.717) is 5.84 Å². The summed E-state index contributed by atoms with van der Waals surface area (Å²) < 4.78 is 0. The predicted molar refractivity (Wildman–Crippen MR) is 59.6 cm³/mol. The van der Waals surface area contributed by atoms with Crippen molar-refractivity contribution in [2.45, 2.75) is 11.5 Å². The van der Waals surface area contributed by atoms with Gasteiger partial charge in [-0.05, 0) is 5.56 Å². The Morgan fingerprint density at radius 1 is 1.40 bits per heavy atom. The quantitative estimate of drug-likeness (QED) is 0.536. The standard InChI is InChI=1S/C11H10ClN3/c1-15-9(7-13)14-11(12)10(15)8-5-3-2-4-6-8/h2-6,10-11H,1H3. The molecule has 2 atom stereocenters. The van der Waals surface area contributed by atoms with E-state index in [0.717, 1.165) is 5.56 Å². The maximum absolute atomic E-state index is 8.84. The lowest BCUT2D eigenvalue weighted by Crippen LogP contribution is -2.27. The van der Waals surface area contributed by atoms with Crippen molar-refractivity contribution < 1.29 is 0 Å². The number of likely N-dealkylation sites (N-methyl/N-ethyl adjacent to an activating group) is 1. The number of nitriles is 1. The second kappa shape index (κ2) is 3.92. The Hall–Kier alpha value is -1.53.